The molecule has 0 radical (unpaired) electrons. The first-order chi connectivity index (χ1) is 12.2. The topological polar surface area (TPSA) is 38.1 Å². The van der Waals surface area contributed by atoms with Crippen molar-refractivity contribution in [2.24, 2.45) is 0 Å². The first-order valence-corrected chi connectivity index (χ1v) is 8.37. The van der Waals surface area contributed by atoms with Crippen LogP contribution in [0.3, 0.4) is 0 Å². The van der Waals surface area contributed by atoms with Gasteiger partial charge in [-0.05, 0) is 42.2 Å². The van der Waals surface area contributed by atoms with Gasteiger partial charge in [-0.25, -0.2) is 4.39 Å². The van der Waals surface area contributed by atoms with Gasteiger partial charge in [-0.3, -0.25) is 9.48 Å². The molecule has 1 aromatic heterocycles. The predicted molar refractivity (Wildman–Crippen MR) is 94.7 cm³/mol. The number of hydrogen-bond acceptors (Lipinski definition) is 2. The number of anilines is 1. The number of aromatic nitrogens is 2. The Hall–Kier alpha value is -2.95. The highest BCUT2D eigenvalue weighted by molar-refractivity contribution is 5.94. The molecule has 0 saturated carbocycles. The van der Waals surface area contributed by atoms with Gasteiger partial charge in [0.2, 0.25) is 5.91 Å². The van der Waals surface area contributed by atoms with E-state index in [0.717, 1.165) is 36.2 Å². The smallest absolute Gasteiger partial charge is 0.248 e. The molecular formula is C20H18FN3O. The lowest BCUT2D eigenvalue weighted by Gasteiger charge is -2.29. The highest BCUT2D eigenvalue weighted by atomic mass is 19.1. The number of carbonyl (C=O) groups excluding carboxylic acids is 1. The van der Waals surface area contributed by atoms with E-state index in [1.165, 1.54) is 17.7 Å². The number of para-hydroxylation sites is 1. The Bertz CT molecular complexity index is 901. The summed E-state index contributed by atoms with van der Waals surface area (Å²) < 4.78 is 14.7. The second-order valence-electron chi connectivity index (χ2n) is 6.21. The van der Waals surface area contributed by atoms with Crippen LogP contribution in [0.15, 0.2) is 60.9 Å². The van der Waals surface area contributed by atoms with Gasteiger partial charge in [0.25, 0.3) is 0 Å². The molecule has 0 fully saturated rings. The van der Waals surface area contributed by atoms with Crippen LogP contribution in [0.1, 0.15) is 12.0 Å². The van der Waals surface area contributed by atoms with E-state index in [1.54, 1.807) is 23.0 Å². The highest BCUT2D eigenvalue weighted by Crippen LogP contribution is 2.27. The number of benzene rings is 2. The molecule has 0 saturated heterocycles. The molecule has 4 nitrogen and oxygen atoms in total. The molecule has 0 unspecified atom stereocenters. The van der Waals surface area contributed by atoms with E-state index < -0.39 is 0 Å². The SMILES string of the molecule is O=C(Cn1cc(-c2ccc(F)cc2)cn1)N1CCCc2ccccc21. The lowest BCUT2D eigenvalue weighted by Crippen LogP contribution is -2.37. The van der Waals surface area contributed by atoms with Gasteiger partial charge < -0.3 is 4.90 Å². The fraction of sp³-hybridized carbons (Fsp3) is 0.200. The molecule has 4 rings (SSSR count). The van der Waals surface area contributed by atoms with E-state index in [1.807, 2.05) is 29.3 Å². The lowest BCUT2D eigenvalue weighted by molar-refractivity contribution is -0.119. The minimum Gasteiger partial charge on any atom is -0.311 e. The number of halogens is 1. The minimum absolute atomic E-state index is 0.0286. The van der Waals surface area contributed by atoms with Crippen LogP contribution in [0, 0.1) is 5.82 Å². The van der Waals surface area contributed by atoms with E-state index in [0.29, 0.717) is 0 Å². The van der Waals surface area contributed by atoms with Gasteiger partial charge in [0.05, 0.1) is 6.20 Å². The lowest BCUT2D eigenvalue weighted by atomic mass is 10.0. The van der Waals surface area contributed by atoms with Crippen LogP contribution >= 0.6 is 0 Å². The molecule has 0 atom stereocenters. The summed E-state index contributed by atoms with van der Waals surface area (Å²) in [6.45, 7) is 0.928. The van der Waals surface area contributed by atoms with Crippen LogP contribution in [-0.2, 0) is 17.8 Å². The van der Waals surface area contributed by atoms with Crippen molar-refractivity contribution in [3.63, 3.8) is 0 Å². The Balaban J connectivity index is 1.52. The van der Waals surface area contributed by atoms with E-state index in [2.05, 4.69) is 11.2 Å². The number of aryl methyl sites for hydroxylation is 1. The number of fused-ring (bicyclic) bond motifs is 1. The molecule has 25 heavy (non-hydrogen) atoms. The summed E-state index contributed by atoms with van der Waals surface area (Å²) in [7, 11) is 0. The van der Waals surface area contributed by atoms with Gasteiger partial charge in [-0.15, -0.1) is 0 Å². The molecule has 2 aromatic carbocycles. The van der Waals surface area contributed by atoms with E-state index >= 15 is 0 Å². The third-order valence-corrected chi connectivity index (χ3v) is 4.52. The average molecular weight is 335 g/mol. The second kappa shape index (κ2) is 6.51. The van der Waals surface area contributed by atoms with Crippen molar-refractivity contribution in [2.45, 2.75) is 19.4 Å². The van der Waals surface area contributed by atoms with E-state index in [9.17, 15) is 9.18 Å². The quantitative estimate of drug-likeness (QED) is 0.732. The third kappa shape index (κ3) is 3.18. The maximum Gasteiger partial charge on any atom is 0.248 e. The molecule has 126 valence electrons. The Morgan fingerprint density at radius 3 is 2.72 bits per heavy atom. The monoisotopic (exact) mass is 335 g/mol. The molecule has 0 spiro atoms. The maximum absolute atomic E-state index is 13.0. The van der Waals surface area contributed by atoms with Crippen LogP contribution in [0.2, 0.25) is 0 Å². The molecule has 1 amide bonds. The van der Waals surface area contributed by atoms with Gasteiger partial charge in [0.15, 0.2) is 0 Å². The molecular weight excluding hydrogens is 317 g/mol. The van der Waals surface area contributed by atoms with Gasteiger partial charge >= 0.3 is 0 Å². The highest BCUT2D eigenvalue weighted by Gasteiger charge is 2.22. The molecule has 5 heteroatoms. The van der Waals surface area contributed by atoms with Crippen LogP contribution < -0.4 is 4.90 Å². The van der Waals surface area contributed by atoms with Crippen LogP contribution in [0.25, 0.3) is 11.1 Å². The normalized spacial score (nSPS) is 13.6. The summed E-state index contributed by atoms with van der Waals surface area (Å²) in [4.78, 5) is 14.6. The molecule has 1 aliphatic rings. The zero-order chi connectivity index (χ0) is 17.2. The predicted octanol–water partition coefficient (Wildman–Crippen LogP) is 3.67. The van der Waals surface area contributed by atoms with Crippen LogP contribution in [0.4, 0.5) is 10.1 Å². The fourth-order valence-electron chi connectivity index (χ4n) is 3.26. The number of amides is 1. The van der Waals surface area contributed by atoms with Gasteiger partial charge in [-0.1, -0.05) is 30.3 Å². The Morgan fingerprint density at radius 2 is 1.88 bits per heavy atom. The Labute approximate surface area is 145 Å². The van der Waals surface area contributed by atoms with Gasteiger partial charge in [0, 0.05) is 24.0 Å². The van der Waals surface area contributed by atoms with Gasteiger partial charge in [-0.2, -0.15) is 5.10 Å². The fourth-order valence-corrected chi connectivity index (χ4v) is 3.26. The summed E-state index contributed by atoms with van der Waals surface area (Å²) in [5, 5.41) is 4.28. The number of carbonyl (C=O) groups is 1. The van der Waals surface area contributed by atoms with Crippen LogP contribution in [-0.4, -0.2) is 22.2 Å². The average Bonchev–Trinajstić information content (AvgIpc) is 3.10. The Kier molecular flexibility index (Phi) is 4.06. The molecule has 1 aliphatic heterocycles. The minimum atomic E-state index is -0.268. The number of nitrogens with zero attached hydrogens (tertiary/aromatic N) is 3. The third-order valence-electron chi connectivity index (χ3n) is 4.52. The summed E-state index contributed by atoms with van der Waals surface area (Å²) in [5.74, 6) is -0.240. The first-order valence-electron chi connectivity index (χ1n) is 8.37. The van der Waals surface area contributed by atoms with Crippen molar-refractivity contribution in [2.75, 3.05) is 11.4 Å². The summed E-state index contributed by atoms with van der Waals surface area (Å²) in [6.07, 6.45) is 5.50. The molecule has 0 aliphatic carbocycles. The van der Waals surface area contributed by atoms with Crippen molar-refractivity contribution in [1.29, 1.82) is 0 Å². The first kappa shape index (κ1) is 15.6. The van der Waals surface area contributed by atoms with Crippen molar-refractivity contribution in [3.05, 3.63) is 72.3 Å². The molecule has 3 aromatic rings. The molecule has 0 N–H and O–H groups in total. The van der Waals surface area contributed by atoms with Crippen LogP contribution in [0.5, 0.6) is 0 Å². The zero-order valence-corrected chi connectivity index (χ0v) is 13.7. The van der Waals surface area contributed by atoms with Crippen molar-refractivity contribution in [3.8, 4) is 11.1 Å². The molecule has 0 bridgehead atoms. The van der Waals surface area contributed by atoms with E-state index in [-0.39, 0.29) is 18.3 Å². The summed E-state index contributed by atoms with van der Waals surface area (Å²) >= 11 is 0. The van der Waals surface area contributed by atoms with Crippen molar-refractivity contribution >= 4 is 11.6 Å². The van der Waals surface area contributed by atoms with Crippen molar-refractivity contribution in [1.82, 2.24) is 9.78 Å². The zero-order valence-electron chi connectivity index (χ0n) is 13.7. The number of hydrogen-bond donors (Lipinski definition) is 0. The standard InChI is InChI=1S/C20H18FN3O/c21-18-9-7-15(8-10-18)17-12-22-23(13-17)14-20(25)24-11-3-5-16-4-1-2-6-19(16)24/h1-2,4,6-10,12-13H,3,5,11,14H2. The number of rotatable bonds is 3. The second-order valence-corrected chi connectivity index (χ2v) is 6.21. The largest absolute Gasteiger partial charge is 0.311 e. The summed E-state index contributed by atoms with van der Waals surface area (Å²) in [5.41, 5.74) is 3.97. The summed E-state index contributed by atoms with van der Waals surface area (Å²) in [6, 6.07) is 14.3. The van der Waals surface area contributed by atoms with Crippen molar-refractivity contribution < 1.29 is 9.18 Å². The van der Waals surface area contributed by atoms with Gasteiger partial charge in [0.1, 0.15) is 12.4 Å². The van der Waals surface area contributed by atoms with E-state index in [4.69, 9.17) is 0 Å². The Morgan fingerprint density at radius 1 is 1.08 bits per heavy atom. The molecule has 2 heterocycles. The maximum atomic E-state index is 13.0.